The van der Waals surface area contributed by atoms with Gasteiger partial charge in [-0.3, -0.25) is 4.79 Å². The van der Waals surface area contributed by atoms with E-state index in [2.05, 4.69) is 42.3 Å². The van der Waals surface area contributed by atoms with Gasteiger partial charge in [-0.25, -0.2) is 0 Å². The van der Waals surface area contributed by atoms with Crippen LogP contribution in [0.2, 0.25) is 13.1 Å². The second-order valence-electron chi connectivity index (χ2n) is 5.88. The summed E-state index contributed by atoms with van der Waals surface area (Å²) in [6, 6.07) is 13.9. The maximum absolute atomic E-state index is 10.0. The summed E-state index contributed by atoms with van der Waals surface area (Å²) in [6.07, 6.45) is 3.04. The topological polar surface area (TPSA) is 50.2 Å². The van der Waals surface area contributed by atoms with Gasteiger partial charge in [0, 0.05) is 32.4 Å². The number of pyridine rings is 1. The Morgan fingerprint density at radius 3 is 2.43 bits per heavy atom. The second kappa shape index (κ2) is 7.82. The van der Waals surface area contributed by atoms with Crippen molar-refractivity contribution in [3.05, 3.63) is 54.4 Å². The van der Waals surface area contributed by atoms with E-state index in [1.165, 1.54) is 35.9 Å². The van der Waals surface area contributed by atoms with Crippen molar-refractivity contribution in [1.82, 2.24) is 4.98 Å². The first-order valence-corrected chi connectivity index (χ1v) is 10.2. The number of ketones is 1. The Bertz CT molecular complexity index is 690. The Labute approximate surface area is 151 Å². The molecule has 1 aliphatic rings. The van der Waals surface area contributed by atoms with Crippen LogP contribution in [0.3, 0.4) is 0 Å². The number of benzene rings is 1. The van der Waals surface area contributed by atoms with Gasteiger partial charge in [0.2, 0.25) is 0 Å². The average Bonchev–Trinajstić information content (AvgIpc) is 2.68. The summed E-state index contributed by atoms with van der Waals surface area (Å²) < 4.78 is 0. The van der Waals surface area contributed by atoms with Crippen molar-refractivity contribution in [3.63, 3.8) is 0 Å². The zero-order valence-electron chi connectivity index (χ0n) is 13.7. The van der Waals surface area contributed by atoms with Gasteiger partial charge in [0.1, 0.15) is 0 Å². The van der Waals surface area contributed by atoms with E-state index in [9.17, 15) is 4.79 Å². The molecule has 5 heteroatoms. The van der Waals surface area contributed by atoms with Gasteiger partial charge in [0.15, 0.2) is 5.78 Å². The predicted molar refractivity (Wildman–Crippen MR) is 92.3 cm³/mol. The van der Waals surface area contributed by atoms with Crippen molar-refractivity contribution in [3.8, 4) is 11.3 Å². The second-order valence-corrected chi connectivity index (χ2v) is 10.2. The molecular weight excluding hydrogens is 483 g/mol. The molecule has 3 rings (SSSR count). The van der Waals surface area contributed by atoms with Crippen LogP contribution in [-0.4, -0.2) is 23.9 Å². The van der Waals surface area contributed by atoms with Gasteiger partial charge in [0.05, 0.1) is 13.8 Å². The number of allylic oxidation sites excluding steroid dienone is 2. The molecule has 23 heavy (non-hydrogen) atoms. The Morgan fingerprint density at radius 2 is 1.87 bits per heavy atom. The summed E-state index contributed by atoms with van der Waals surface area (Å²) in [4.78, 5) is 14.5. The summed E-state index contributed by atoms with van der Waals surface area (Å²) >= 11 is 0. The van der Waals surface area contributed by atoms with Crippen LogP contribution < -0.4 is 10.4 Å². The number of carbonyl (C=O) groups is 1. The number of aliphatic hydroxyl groups excluding tert-OH is 1. The molecule has 0 saturated heterocycles. The molecule has 0 fully saturated rings. The van der Waals surface area contributed by atoms with Crippen LogP contribution in [0.5, 0.6) is 0 Å². The molecular formula is C18H20IrNO2Si-. The van der Waals surface area contributed by atoms with Gasteiger partial charge < -0.3 is 10.1 Å². The van der Waals surface area contributed by atoms with Gasteiger partial charge in [-0.1, -0.05) is 24.3 Å². The Hall–Kier alpha value is -1.55. The van der Waals surface area contributed by atoms with Crippen molar-refractivity contribution in [2.75, 3.05) is 0 Å². The minimum Gasteiger partial charge on any atom is -0.512 e. The van der Waals surface area contributed by atoms with Gasteiger partial charge >= 0.3 is 0 Å². The molecule has 2 aromatic rings. The molecule has 3 nitrogen and oxygen atoms in total. The third-order valence-electron chi connectivity index (χ3n) is 3.66. The van der Waals surface area contributed by atoms with Gasteiger partial charge in [-0.15, -0.1) is 35.0 Å². The molecule has 0 aliphatic carbocycles. The zero-order chi connectivity index (χ0) is 16.3. The maximum atomic E-state index is 10.0. The zero-order valence-corrected chi connectivity index (χ0v) is 17.1. The molecule has 0 amide bonds. The van der Waals surface area contributed by atoms with Crippen molar-refractivity contribution in [1.29, 1.82) is 0 Å². The first-order chi connectivity index (χ1) is 10.3. The van der Waals surface area contributed by atoms with E-state index >= 15 is 0 Å². The summed E-state index contributed by atoms with van der Waals surface area (Å²) in [5, 5.41) is 11.3. The van der Waals surface area contributed by atoms with Crippen molar-refractivity contribution in [2.24, 2.45) is 0 Å². The van der Waals surface area contributed by atoms with Gasteiger partial charge in [-0.05, 0) is 25.6 Å². The van der Waals surface area contributed by atoms with Crippen LogP contribution >= 0.6 is 0 Å². The fourth-order valence-corrected chi connectivity index (χ4v) is 5.61. The molecule has 0 spiro atoms. The van der Waals surface area contributed by atoms with Crippen molar-refractivity contribution < 1.29 is 30.0 Å². The number of rotatable bonds is 1. The van der Waals surface area contributed by atoms with E-state index in [0.717, 1.165) is 5.69 Å². The fourth-order valence-electron chi connectivity index (χ4n) is 2.70. The molecule has 2 heterocycles. The van der Waals surface area contributed by atoms with Gasteiger partial charge in [0.25, 0.3) is 0 Å². The minimum absolute atomic E-state index is 0. The predicted octanol–water partition coefficient (Wildman–Crippen LogP) is 2.72. The normalized spacial score (nSPS) is 13.8. The van der Waals surface area contributed by atoms with Crippen LogP contribution in [0.25, 0.3) is 11.3 Å². The summed E-state index contributed by atoms with van der Waals surface area (Å²) in [6.45, 7) is 7.61. The van der Waals surface area contributed by atoms with E-state index in [4.69, 9.17) is 5.11 Å². The quantitative estimate of drug-likeness (QED) is 0.282. The molecule has 123 valence electrons. The molecule has 1 radical (unpaired) electrons. The number of fused-ring (bicyclic) bond motifs is 3. The molecule has 0 bridgehead atoms. The standard InChI is InChI=1S/C13H12NSi.C5H8O2.Ir/c1-15(2)11-7-4-3-6-10(11)13-12(15)8-5-9-14-13;1-4(6)3-5(2)7;/h3-5,7-9H,1-2H3;3,6H,1-2H3;/q-1;;/b;4-3-;. The monoisotopic (exact) mass is 503 g/mol. The average molecular weight is 503 g/mol. The van der Waals surface area contributed by atoms with Crippen LogP contribution in [-0.2, 0) is 24.9 Å². The first-order valence-electron chi connectivity index (χ1n) is 7.19. The number of aliphatic hydroxyl groups is 1. The SMILES string of the molecule is CC(=O)/C=C(/C)O.C[Si]1(C)c2ccc[c-]c2-c2ncccc21.[Ir]. The fraction of sp³-hybridized carbons (Fsp3) is 0.222. The van der Waals surface area contributed by atoms with E-state index in [1.807, 2.05) is 18.3 Å². The molecule has 1 N–H and O–H groups in total. The summed E-state index contributed by atoms with van der Waals surface area (Å²) in [5.74, 6) is -0.0625. The Kier molecular flexibility index (Phi) is 6.63. The van der Waals surface area contributed by atoms with Crippen LogP contribution in [0.15, 0.2) is 48.4 Å². The molecule has 0 unspecified atom stereocenters. The Balaban J connectivity index is 0.000000287. The van der Waals surface area contributed by atoms with E-state index in [1.54, 1.807) is 0 Å². The number of nitrogens with zero attached hydrogens (tertiary/aromatic N) is 1. The molecule has 1 aromatic heterocycles. The van der Waals surface area contributed by atoms with Gasteiger partial charge in [-0.2, -0.15) is 0 Å². The molecule has 1 aliphatic heterocycles. The third kappa shape index (κ3) is 4.25. The van der Waals surface area contributed by atoms with Crippen LogP contribution in [0.4, 0.5) is 0 Å². The number of hydrogen-bond acceptors (Lipinski definition) is 3. The number of carbonyl (C=O) groups excluding carboxylic acids is 1. The molecule has 0 saturated carbocycles. The molecule has 1 aromatic carbocycles. The Morgan fingerprint density at radius 1 is 1.22 bits per heavy atom. The van der Waals surface area contributed by atoms with E-state index < -0.39 is 8.07 Å². The van der Waals surface area contributed by atoms with Crippen molar-refractivity contribution >= 4 is 24.2 Å². The van der Waals surface area contributed by atoms with Crippen LogP contribution in [0.1, 0.15) is 13.8 Å². The smallest absolute Gasteiger partial charge is 0.155 e. The van der Waals surface area contributed by atoms with Crippen LogP contribution in [0, 0.1) is 6.07 Å². The number of aromatic nitrogens is 1. The largest absolute Gasteiger partial charge is 0.512 e. The van der Waals surface area contributed by atoms with E-state index in [0.29, 0.717) is 0 Å². The van der Waals surface area contributed by atoms with Crippen molar-refractivity contribution in [2.45, 2.75) is 26.9 Å². The summed E-state index contributed by atoms with van der Waals surface area (Å²) in [5.41, 5.74) is 2.38. The number of hydrogen-bond donors (Lipinski definition) is 1. The molecule has 0 atom stereocenters. The van der Waals surface area contributed by atoms with E-state index in [-0.39, 0.29) is 31.6 Å². The first kappa shape index (κ1) is 19.5. The maximum Gasteiger partial charge on any atom is 0.155 e. The minimum atomic E-state index is -1.48. The summed E-state index contributed by atoms with van der Waals surface area (Å²) in [7, 11) is -1.48. The third-order valence-corrected chi connectivity index (χ3v) is 7.17.